The molecule has 0 amide bonds. The molecule has 0 saturated heterocycles. The summed E-state index contributed by atoms with van der Waals surface area (Å²) < 4.78 is 0. The summed E-state index contributed by atoms with van der Waals surface area (Å²) >= 11 is 0. The van der Waals surface area contributed by atoms with Crippen LogP contribution in [0.2, 0.25) is 19.6 Å². The second-order valence-corrected chi connectivity index (χ2v) is 14.5. The van der Waals surface area contributed by atoms with E-state index in [-0.39, 0.29) is 31.6 Å². The fourth-order valence-corrected chi connectivity index (χ4v) is 5.93. The number of nitriles is 1. The summed E-state index contributed by atoms with van der Waals surface area (Å²) in [5.74, 6) is -0.0625. The number of nitrogens with zero attached hydrogens (tertiary/aromatic N) is 2. The Hall–Kier alpha value is -3.10. The maximum Gasteiger partial charge on any atom is 0.155 e. The normalized spacial score (nSPS) is 11.3. The average Bonchev–Trinajstić information content (AvgIpc) is 2.76. The zero-order valence-corrected chi connectivity index (χ0v) is 24.3. The molecule has 4 aromatic rings. The van der Waals surface area contributed by atoms with Crippen LogP contribution in [0, 0.1) is 24.3 Å². The van der Waals surface area contributed by atoms with Gasteiger partial charge < -0.3 is 5.11 Å². The van der Waals surface area contributed by atoms with Gasteiger partial charge in [0, 0.05) is 38.1 Å². The van der Waals surface area contributed by atoms with Crippen LogP contribution in [-0.4, -0.2) is 23.9 Å². The van der Waals surface area contributed by atoms with Gasteiger partial charge in [-0.15, -0.1) is 23.6 Å². The van der Waals surface area contributed by atoms with Gasteiger partial charge in [0.05, 0.1) is 19.9 Å². The van der Waals surface area contributed by atoms with Crippen LogP contribution in [0.25, 0.3) is 32.8 Å². The second kappa shape index (κ2) is 11.6. The summed E-state index contributed by atoms with van der Waals surface area (Å²) in [6, 6.07) is 22.3. The summed E-state index contributed by atoms with van der Waals surface area (Å²) in [5.41, 5.74) is 3.78. The van der Waals surface area contributed by atoms with Crippen LogP contribution in [0.1, 0.15) is 25.0 Å². The van der Waals surface area contributed by atoms with Crippen LogP contribution in [-0.2, 0) is 24.9 Å². The minimum atomic E-state index is -1.47. The summed E-state index contributed by atoms with van der Waals surface area (Å²) in [7, 11) is -1.47. The Morgan fingerprint density at radius 1 is 1.09 bits per heavy atom. The first kappa shape index (κ1) is 28.1. The molecular weight excluding hydrogens is 629 g/mol. The Morgan fingerprint density at radius 2 is 1.77 bits per heavy atom. The first-order chi connectivity index (χ1) is 16.0. The van der Waals surface area contributed by atoms with Gasteiger partial charge in [0.1, 0.15) is 0 Å². The molecule has 1 aromatic heterocycles. The zero-order valence-electron chi connectivity index (χ0n) is 20.9. The Balaban J connectivity index is 0.000000476. The number of aromatic nitrogens is 1. The van der Waals surface area contributed by atoms with E-state index in [1.54, 1.807) is 0 Å². The molecule has 0 spiro atoms. The first-order valence-corrected chi connectivity index (χ1v) is 14.6. The van der Waals surface area contributed by atoms with Gasteiger partial charge in [-0.25, -0.2) is 0 Å². The van der Waals surface area contributed by atoms with E-state index < -0.39 is 8.07 Å². The smallest absolute Gasteiger partial charge is 0.155 e. The van der Waals surface area contributed by atoms with E-state index in [2.05, 4.69) is 61.9 Å². The number of carbonyl (C=O) groups is 1. The Kier molecular flexibility index (Phi) is 9.28. The van der Waals surface area contributed by atoms with Crippen molar-refractivity contribution >= 4 is 40.6 Å². The third-order valence-electron chi connectivity index (χ3n) is 5.48. The molecule has 0 aliphatic rings. The molecule has 0 atom stereocenters. The molecule has 6 heteroatoms. The molecule has 4 rings (SSSR count). The largest absolute Gasteiger partial charge is 0.512 e. The summed E-state index contributed by atoms with van der Waals surface area (Å²) in [6.45, 7) is 12.2. The molecule has 0 bridgehead atoms. The van der Waals surface area contributed by atoms with E-state index >= 15 is 0 Å². The number of aliphatic hydroxyl groups excluding tert-OH is 1. The number of carbonyl (C=O) groups excluding carboxylic acids is 1. The van der Waals surface area contributed by atoms with Gasteiger partial charge in [-0.3, -0.25) is 9.78 Å². The van der Waals surface area contributed by atoms with E-state index in [0.717, 1.165) is 27.4 Å². The fourth-order valence-electron chi connectivity index (χ4n) is 4.10. The van der Waals surface area contributed by atoms with E-state index in [9.17, 15) is 10.1 Å². The summed E-state index contributed by atoms with van der Waals surface area (Å²) in [6.07, 6.45) is 3.01. The van der Waals surface area contributed by atoms with E-state index in [1.807, 2.05) is 36.5 Å². The van der Waals surface area contributed by atoms with Gasteiger partial charge in [0.15, 0.2) is 5.78 Å². The minimum Gasteiger partial charge on any atom is -0.512 e. The third kappa shape index (κ3) is 6.73. The second-order valence-electron chi connectivity index (χ2n) is 9.45. The number of rotatable bonds is 3. The van der Waals surface area contributed by atoms with Crippen molar-refractivity contribution in [2.75, 3.05) is 0 Å². The molecule has 1 radical (unpaired) electrons. The quantitative estimate of drug-likeness (QED) is 0.116. The van der Waals surface area contributed by atoms with Crippen molar-refractivity contribution in [3.8, 4) is 17.3 Å². The van der Waals surface area contributed by atoms with Gasteiger partial charge in [-0.2, -0.15) is 5.26 Å². The van der Waals surface area contributed by atoms with E-state index in [0.29, 0.717) is 5.56 Å². The number of benzene rings is 3. The molecule has 4 nitrogen and oxygen atoms in total. The summed E-state index contributed by atoms with van der Waals surface area (Å²) in [4.78, 5) is 14.7. The van der Waals surface area contributed by atoms with Gasteiger partial charge in [-0.1, -0.05) is 71.7 Å². The van der Waals surface area contributed by atoms with Crippen molar-refractivity contribution in [3.05, 3.63) is 83.8 Å². The van der Waals surface area contributed by atoms with Crippen molar-refractivity contribution < 1.29 is 30.0 Å². The minimum absolute atomic E-state index is 0. The number of hydrogen-bond donors (Lipinski definition) is 1. The number of fused-ring (bicyclic) bond motifs is 2. The first-order valence-electron chi connectivity index (χ1n) is 11.1. The van der Waals surface area contributed by atoms with Gasteiger partial charge in [0.25, 0.3) is 0 Å². The topological polar surface area (TPSA) is 74.0 Å². The van der Waals surface area contributed by atoms with Crippen LogP contribution in [0.15, 0.2) is 66.6 Å². The molecule has 0 aliphatic heterocycles. The monoisotopic (exact) mass is 658 g/mol. The predicted octanol–water partition coefficient (Wildman–Crippen LogP) is 6.62. The maximum atomic E-state index is 10.0. The Bertz CT molecular complexity index is 1460. The number of ketones is 1. The molecule has 1 heterocycles. The Labute approximate surface area is 221 Å². The number of aliphatic hydroxyl groups is 1. The van der Waals surface area contributed by atoms with Crippen molar-refractivity contribution in [3.63, 3.8) is 0 Å². The van der Waals surface area contributed by atoms with Gasteiger partial charge >= 0.3 is 0 Å². The van der Waals surface area contributed by atoms with Crippen molar-refractivity contribution in [1.29, 1.82) is 5.26 Å². The van der Waals surface area contributed by atoms with Crippen molar-refractivity contribution in [2.45, 2.75) is 40.4 Å². The number of pyridine rings is 1. The standard InChI is InChI=1S/C24H21N2Si.C5H8O2.Ir/c1-16-11-18-9-10-26-24(22(18)14-23(16)27(2,3)4)19-12-17-7-5-6-8-21(17)20(13-19)15-25;1-4(6)3-5(2)7;/h5-11,13-14H,1-4H3;3,6H,1-2H3;/q-1;;/b;4-3-;. The van der Waals surface area contributed by atoms with Crippen LogP contribution in [0.3, 0.4) is 0 Å². The summed E-state index contributed by atoms with van der Waals surface area (Å²) in [5, 5.41) is 23.6. The van der Waals surface area contributed by atoms with Crippen molar-refractivity contribution in [2.24, 2.45) is 0 Å². The molecule has 0 aliphatic carbocycles. The molecule has 0 fully saturated rings. The predicted molar refractivity (Wildman–Crippen MR) is 143 cm³/mol. The van der Waals surface area contributed by atoms with Crippen LogP contribution in [0.4, 0.5) is 0 Å². The molecule has 0 unspecified atom stereocenters. The average molecular weight is 658 g/mol. The zero-order chi connectivity index (χ0) is 25.0. The Morgan fingerprint density at radius 3 is 2.34 bits per heavy atom. The van der Waals surface area contributed by atoms with E-state index in [1.165, 1.54) is 36.1 Å². The van der Waals surface area contributed by atoms with Gasteiger partial charge in [0.2, 0.25) is 0 Å². The van der Waals surface area contributed by atoms with Crippen molar-refractivity contribution in [1.82, 2.24) is 4.98 Å². The van der Waals surface area contributed by atoms with Crippen LogP contribution in [0.5, 0.6) is 0 Å². The molecule has 3 aromatic carbocycles. The maximum absolute atomic E-state index is 10.0. The number of hydrogen-bond acceptors (Lipinski definition) is 4. The molecule has 0 saturated carbocycles. The molecule has 181 valence electrons. The molecule has 1 N–H and O–H groups in total. The molecule has 35 heavy (non-hydrogen) atoms. The SMILES string of the molecule is CC(=O)/C=C(/C)O.Cc1cc2ccnc(-c3[c-]c4ccccc4c(C#N)c3)c2cc1[Si](C)(C)C.[Ir]. The van der Waals surface area contributed by atoms with Crippen LogP contribution >= 0.6 is 0 Å². The number of allylic oxidation sites excluding steroid dienone is 2. The van der Waals surface area contributed by atoms with E-state index in [4.69, 9.17) is 5.11 Å². The third-order valence-corrected chi connectivity index (χ3v) is 7.64. The van der Waals surface area contributed by atoms with Crippen LogP contribution < -0.4 is 5.19 Å². The van der Waals surface area contributed by atoms with Gasteiger partial charge in [-0.05, 0) is 43.2 Å². The fraction of sp³-hybridized carbons (Fsp3) is 0.207. The molecular formula is C29H29IrN2O2Si-. The number of aryl methyl sites for hydroxylation is 1.